The molecule has 0 spiro atoms. The zero-order valence-electron chi connectivity index (χ0n) is 19.7. The molecular weight excluding hydrogens is 446 g/mol. The summed E-state index contributed by atoms with van der Waals surface area (Å²) in [6, 6.07) is 16.4. The number of fused-ring (bicyclic) bond motifs is 1. The van der Waals surface area contributed by atoms with E-state index in [1.165, 1.54) is 11.3 Å². The second-order valence-electron chi connectivity index (χ2n) is 8.74. The van der Waals surface area contributed by atoms with E-state index >= 15 is 0 Å². The lowest BCUT2D eigenvalue weighted by atomic mass is 10.1. The molecule has 6 nitrogen and oxygen atoms in total. The molecule has 0 N–H and O–H groups in total. The highest BCUT2D eigenvalue weighted by Crippen LogP contribution is 2.29. The second-order valence-corrected chi connectivity index (χ2v) is 9.18. The number of piperazine rings is 1. The predicted molar refractivity (Wildman–Crippen MR) is 139 cm³/mol. The van der Waals surface area contributed by atoms with Crippen LogP contribution in [-0.2, 0) is 0 Å². The lowest BCUT2D eigenvalue weighted by Crippen LogP contribution is -2.47. The van der Waals surface area contributed by atoms with Gasteiger partial charge in [0.2, 0.25) is 0 Å². The molecule has 0 atom stereocenters. The van der Waals surface area contributed by atoms with Crippen LogP contribution < -0.4 is 14.5 Å². The number of rotatable bonds is 7. The van der Waals surface area contributed by atoms with Crippen LogP contribution in [0.15, 0.2) is 60.9 Å². The largest absolute Gasteiger partial charge is 0.494 e. The summed E-state index contributed by atoms with van der Waals surface area (Å²) < 4.78 is 7.72. The molecule has 1 saturated heterocycles. The SMILES string of the molecule is CCCCOc1ccc(-c2cc3c(N4CCN(c5cc(Cl)ccc5C)CC4)nccn3n2)cc1. The van der Waals surface area contributed by atoms with Gasteiger partial charge >= 0.3 is 0 Å². The third-order valence-corrected chi connectivity index (χ3v) is 6.61. The summed E-state index contributed by atoms with van der Waals surface area (Å²) in [5.74, 6) is 1.87. The molecule has 3 heterocycles. The minimum atomic E-state index is 0.753. The van der Waals surface area contributed by atoms with E-state index in [2.05, 4.69) is 54.0 Å². The van der Waals surface area contributed by atoms with Gasteiger partial charge in [0.05, 0.1) is 12.3 Å². The van der Waals surface area contributed by atoms with E-state index in [4.69, 9.17) is 26.4 Å². The summed E-state index contributed by atoms with van der Waals surface area (Å²) in [5, 5.41) is 5.59. The first-order valence-electron chi connectivity index (χ1n) is 12.0. The van der Waals surface area contributed by atoms with Crippen molar-refractivity contribution in [1.29, 1.82) is 0 Å². The van der Waals surface area contributed by atoms with Crippen molar-refractivity contribution in [2.75, 3.05) is 42.6 Å². The fraction of sp³-hybridized carbons (Fsp3) is 0.333. The van der Waals surface area contributed by atoms with E-state index in [0.29, 0.717) is 0 Å². The summed E-state index contributed by atoms with van der Waals surface area (Å²) in [7, 11) is 0. The maximum Gasteiger partial charge on any atom is 0.154 e. The van der Waals surface area contributed by atoms with Crippen LogP contribution >= 0.6 is 11.6 Å². The Hall–Kier alpha value is -3.25. The first-order chi connectivity index (χ1) is 16.6. The molecular formula is C27H30ClN5O. The molecule has 0 unspecified atom stereocenters. The average Bonchev–Trinajstić information content (AvgIpc) is 3.31. The van der Waals surface area contributed by atoms with E-state index in [1.807, 2.05) is 35.1 Å². The first-order valence-corrected chi connectivity index (χ1v) is 12.3. The molecule has 4 aromatic rings. The molecule has 1 fully saturated rings. The molecule has 1 aliphatic rings. The molecule has 34 heavy (non-hydrogen) atoms. The fourth-order valence-corrected chi connectivity index (χ4v) is 4.60. The van der Waals surface area contributed by atoms with Crippen molar-refractivity contribution >= 4 is 28.6 Å². The molecule has 0 aliphatic carbocycles. The van der Waals surface area contributed by atoms with Crippen LogP contribution in [0.2, 0.25) is 5.02 Å². The van der Waals surface area contributed by atoms with Crippen LogP contribution in [0.25, 0.3) is 16.8 Å². The van der Waals surface area contributed by atoms with Crippen LogP contribution in [0.4, 0.5) is 11.5 Å². The zero-order valence-corrected chi connectivity index (χ0v) is 20.5. The number of anilines is 2. The van der Waals surface area contributed by atoms with E-state index in [0.717, 1.165) is 79.0 Å². The van der Waals surface area contributed by atoms with Crippen molar-refractivity contribution in [2.45, 2.75) is 26.7 Å². The Morgan fingerprint density at radius 2 is 1.74 bits per heavy atom. The van der Waals surface area contributed by atoms with Gasteiger partial charge in [0.25, 0.3) is 0 Å². The molecule has 0 radical (unpaired) electrons. The summed E-state index contributed by atoms with van der Waals surface area (Å²) in [5.41, 5.74) is 5.49. The number of benzene rings is 2. The van der Waals surface area contributed by atoms with Gasteiger partial charge in [-0.15, -0.1) is 0 Å². The number of hydrogen-bond acceptors (Lipinski definition) is 5. The highest BCUT2D eigenvalue weighted by atomic mass is 35.5. The van der Waals surface area contributed by atoms with Crippen LogP contribution in [0, 0.1) is 6.92 Å². The molecule has 176 valence electrons. The van der Waals surface area contributed by atoms with Crippen molar-refractivity contribution in [2.24, 2.45) is 0 Å². The van der Waals surface area contributed by atoms with Gasteiger partial charge in [0.15, 0.2) is 5.82 Å². The summed E-state index contributed by atoms with van der Waals surface area (Å²) in [6.45, 7) is 8.68. The molecule has 0 bridgehead atoms. The molecule has 0 amide bonds. The lowest BCUT2D eigenvalue weighted by molar-refractivity contribution is 0.309. The van der Waals surface area contributed by atoms with Crippen LogP contribution in [0.1, 0.15) is 25.3 Å². The zero-order chi connectivity index (χ0) is 23.5. The van der Waals surface area contributed by atoms with E-state index in [1.54, 1.807) is 0 Å². The highest BCUT2D eigenvalue weighted by molar-refractivity contribution is 6.30. The van der Waals surface area contributed by atoms with Crippen molar-refractivity contribution in [3.05, 3.63) is 71.5 Å². The van der Waals surface area contributed by atoms with Gasteiger partial charge in [-0.25, -0.2) is 9.50 Å². The van der Waals surface area contributed by atoms with Crippen LogP contribution in [0.3, 0.4) is 0 Å². The number of hydrogen-bond donors (Lipinski definition) is 0. The fourth-order valence-electron chi connectivity index (χ4n) is 4.43. The van der Waals surface area contributed by atoms with Crippen molar-refractivity contribution in [3.8, 4) is 17.0 Å². The predicted octanol–water partition coefficient (Wildman–Crippen LogP) is 5.86. The monoisotopic (exact) mass is 475 g/mol. The molecule has 2 aromatic carbocycles. The van der Waals surface area contributed by atoms with Gasteiger partial charge in [0.1, 0.15) is 11.3 Å². The van der Waals surface area contributed by atoms with E-state index in [-0.39, 0.29) is 0 Å². The smallest absolute Gasteiger partial charge is 0.154 e. The van der Waals surface area contributed by atoms with Gasteiger partial charge in [0, 0.05) is 54.8 Å². The first kappa shape index (κ1) is 22.5. The quantitative estimate of drug-likeness (QED) is 0.313. The Balaban J connectivity index is 1.33. The van der Waals surface area contributed by atoms with Gasteiger partial charge in [-0.3, -0.25) is 0 Å². The number of ether oxygens (including phenoxy) is 1. The maximum atomic E-state index is 6.25. The number of halogens is 1. The standard InChI is InChI=1S/C27H30ClN5O/c1-3-4-17-34-23-9-6-21(7-10-23)24-19-26-27(29-11-12-33(26)30-24)32-15-13-31(14-16-32)25-18-22(28)8-5-20(25)2/h5-12,18-19H,3-4,13-17H2,1-2H3. The Kier molecular flexibility index (Phi) is 6.59. The minimum absolute atomic E-state index is 0.753. The Morgan fingerprint density at radius 3 is 2.50 bits per heavy atom. The lowest BCUT2D eigenvalue weighted by Gasteiger charge is -2.37. The third-order valence-electron chi connectivity index (χ3n) is 6.38. The average molecular weight is 476 g/mol. The number of aromatic nitrogens is 3. The maximum absolute atomic E-state index is 6.25. The Labute approximate surface area is 205 Å². The van der Waals surface area contributed by atoms with Crippen molar-refractivity contribution in [3.63, 3.8) is 0 Å². The number of nitrogens with zero attached hydrogens (tertiary/aromatic N) is 5. The van der Waals surface area contributed by atoms with Gasteiger partial charge in [-0.05, 0) is 61.4 Å². The van der Waals surface area contributed by atoms with Gasteiger partial charge < -0.3 is 14.5 Å². The minimum Gasteiger partial charge on any atom is -0.494 e. The molecule has 5 rings (SSSR count). The number of unbranched alkanes of at least 4 members (excludes halogenated alkanes) is 1. The second kappa shape index (κ2) is 9.94. The molecule has 2 aromatic heterocycles. The topological polar surface area (TPSA) is 45.9 Å². The van der Waals surface area contributed by atoms with E-state index in [9.17, 15) is 0 Å². The normalized spacial score (nSPS) is 14.1. The van der Waals surface area contributed by atoms with Crippen LogP contribution in [0.5, 0.6) is 5.75 Å². The summed E-state index contributed by atoms with van der Waals surface area (Å²) in [4.78, 5) is 9.48. The highest BCUT2D eigenvalue weighted by Gasteiger charge is 2.22. The number of aryl methyl sites for hydroxylation is 1. The Bertz CT molecular complexity index is 1260. The third kappa shape index (κ3) is 4.68. The molecule has 1 aliphatic heterocycles. The van der Waals surface area contributed by atoms with Gasteiger partial charge in [-0.1, -0.05) is 31.0 Å². The van der Waals surface area contributed by atoms with Crippen molar-refractivity contribution in [1.82, 2.24) is 14.6 Å². The van der Waals surface area contributed by atoms with Crippen LogP contribution in [-0.4, -0.2) is 47.4 Å². The molecule has 0 saturated carbocycles. The summed E-state index contributed by atoms with van der Waals surface area (Å²) in [6.07, 6.45) is 5.94. The Morgan fingerprint density at radius 1 is 0.971 bits per heavy atom. The summed E-state index contributed by atoms with van der Waals surface area (Å²) >= 11 is 6.25. The molecule has 7 heteroatoms. The van der Waals surface area contributed by atoms with E-state index < -0.39 is 0 Å². The van der Waals surface area contributed by atoms with Crippen molar-refractivity contribution < 1.29 is 4.74 Å². The van der Waals surface area contributed by atoms with Gasteiger partial charge in [-0.2, -0.15) is 5.10 Å².